The van der Waals surface area contributed by atoms with Crippen LogP contribution in [0.5, 0.6) is 0 Å². The molecule has 1 heterocycles. The molecule has 1 unspecified atom stereocenters. The van der Waals surface area contributed by atoms with Crippen molar-refractivity contribution in [1.82, 2.24) is 10.2 Å². The van der Waals surface area contributed by atoms with E-state index in [-0.39, 0.29) is 11.9 Å². The standard InChI is InChI=1S/C12H25N3O2/c1-3-14-11(12(13)16)8-15-6-4-10(5-7-15)9-17-2/h10-11,14H,3-9H2,1-2H3,(H2,13,16). The second-order valence-corrected chi connectivity index (χ2v) is 4.71. The molecule has 1 atom stereocenters. The fourth-order valence-electron chi connectivity index (χ4n) is 2.33. The van der Waals surface area contributed by atoms with Crippen molar-refractivity contribution < 1.29 is 9.53 Å². The van der Waals surface area contributed by atoms with E-state index in [4.69, 9.17) is 10.5 Å². The number of amides is 1. The molecule has 1 saturated heterocycles. The third-order valence-electron chi connectivity index (χ3n) is 3.34. The first kappa shape index (κ1) is 14.4. The first-order chi connectivity index (χ1) is 8.17. The lowest BCUT2D eigenvalue weighted by atomic mass is 9.97. The summed E-state index contributed by atoms with van der Waals surface area (Å²) in [5, 5.41) is 3.12. The monoisotopic (exact) mass is 243 g/mol. The van der Waals surface area contributed by atoms with E-state index in [2.05, 4.69) is 10.2 Å². The molecule has 0 radical (unpaired) electrons. The molecule has 1 aliphatic heterocycles. The maximum atomic E-state index is 11.2. The number of likely N-dealkylation sites (N-methyl/N-ethyl adjacent to an activating group) is 1. The minimum atomic E-state index is -0.258. The highest BCUT2D eigenvalue weighted by molar-refractivity contribution is 5.80. The molecular weight excluding hydrogens is 218 g/mol. The van der Waals surface area contributed by atoms with Crippen LogP contribution >= 0.6 is 0 Å². The highest BCUT2D eigenvalue weighted by atomic mass is 16.5. The van der Waals surface area contributed by atoms with Crippen molar-refractivity contribution >= 4 is 5.91 Å². The summed E-state index contributed by atoms with van der Waals surface area (Å²) in [5.41, 5.74) is 5.37. The maximum Gasteiger partial charge on any atom is 0.235 e. The summed E-state index contributed by atoms with van der Waals surface area (Å²) >= 11 is 0. The third-order valence-corrected chi connectivity index (χ3v) is 3.34. The van der Waals surface area contributed by atoms with Crippen LogP contribution in [0.25, 0.3) is 0 Å². The van der Waals surface area contributed by atoms with E-state index < -0.39 is 0 Å². The molecule has 3 N–H and O–H groups in total. The number of ether oxygens (including phenoxy) is 1. The van der Waals surface area contributed by atoms with Crippen molar-refractivity contribution in [2.45, 2.75) is 25.8 Å². The SMILES string of the molecule is CCNC(CN1CCC(COC)CC1)C(N)=O. The Balaban J connectivity index is 2.30. The Kier molecular flexibility index (Phi) is 6.47. The summed E-state index contributed by atoms with van der Waals surface area (Å²) in [5.74, 6) is 0.410. The van der Waals surface area contributed by atoms with Crippen LogP contribution in [0.2, 0.25) is 0 Å². The number of hydrogen-bond acceptors (Lipinski definition) is 4. The highest BCUT2D eigenvalue weighted by Crippen LogP contribution is 2.17. The number of carbonyl (C=O) groups excluding carboxylic acids is 1. The third kappa shape index (κ3) is 5.02. The van der Waals surface area contributed by atoms with Gasteiger partial charge in [-0.25, -0.2) is 0 Å². The van der Waals surface area contributed by atoms with Gasteiger partial charge in [-0.15, -0.1) is 0 Å². The van der Waals surface area contributed by atoms with E-state index in [0.717, 1.165) is 45.6 Å². The number of nitrogens with two attached hydrogens (primary N) is 1. The van der Waals surface area contributed by atoms with E-state index in [0.29, 0.717) is 5.92 Å². The van der Waals surface area contributed by atoms with Crippen molar-refractivity contribution in [1.29, 1.82) is 0 Å². The number of nitrogens with one attached hydrogen (secondary N) is 1. The van der Waals surface area contributed by atoms with Gasteiger partial charge in [0.2, 0.25) is 5.91 Å². The maximum absolute atomic E-state index is 11.2. The van der Waals surface area contributed by atoms with Gasteiger partial charge in [-0.05, 0) is 38.4 Å². The Morgan fingerprint density at radius 1 is 1.53 bits per heavy atom. The average molecular weight is 243 g/mol. The van der Waals surface area contributed by atoms with Gasteiger partial charge in [0.05, 0.1) is 6.04 Å². The Morgan fingerprint density at radius 2 is 2.18 bits per heavy atom. The van der Waals surface area contributed by atoms with Crippen LogP contribution in [0.4, 0.5) is 0 Å². The van der Waals surface area contributed by atoms with Gasteiger partial charge in [-0.1, -0.05) is 6.92 Å². The van der Waals surface area contributed by atoms with Gasteiger partial charge in [0.15, 0.2) is 0 Å². The van der Waals surface area contributed by atoms with Gasteiger partial charge in [0.1, 0.15) is 0 Å². The summed E-state index contributed by atoms with van der Waals surface area (Å²) in [6.07, 6.45) is 2.29. The predicted octanol–water partition coefficient (Wildman–Crippen LogP) is -0.192. The smallest absolute Gasteiger partial charge is 0.235 e. The number of carbonyl (C=O) groups is 1. The van der Waals surface area contributed by atoms with Crippen molar-refractivity contribution in [3.63, 3.8) is 0 Å². The lowest BCUT2D eigenvalue weighted by Gasteiger charge is -2.33. The summed E-state index contributed by atoms with van der Waals surface area (Å²) in [7, 11) is 1.75. The van der Waals surface area contributed by atoms with Crippen molar-refractivity contribution in [3.8, 4) is 0 Å². The molecule has 0 saturated carbocycles. The van der Waals surface area contributed by atoms with Crippen LogP contribution in [0.15, 0.2) is 0 Å². The molecule has 5 nitrogen and oxygen atoms in total. The largest absolute Gasteiger partial charge is 0.384 e. The molecule has 100 valence electrons. The van der Waals surface area contributed by atoms with E-state index in [1.807, 2.05) is 6.92 Å². The first-order valence-corrected chi connectivity index (χ1v) is 6.41. The molecule has 17 heavy (non-hydrogen) atoms. The number of methoxy groups -OCH3 is 1. The van der Waals surface area contributed by atoms with Crippen LogP contribution in [-0.2, 0) is 9.53 Å². The van der Waals surface area contributed by atoms with Crippen LogP contribution in [0.1, 0.15) is 19.8 Å². The number of hydrogen-bond donors (Lipinski definition) is 2. The molecule has 1 fully saturated rings. The Hall–Kier alpha value is -0.650. The molecule has 0 aromatic heterocycles. The molecule has 1 rings (SSSR count). The second kappa shape index (κ2) is 7.63. The summed E-state index contributed by atoms with van der Waals surface area (Å²) in [6, 6.07) is -0.223. The van der Waals surface area contributed by atoms with Crippen LogP contribution in [-0.4, -0.2) is 56.7 Å². The van der Waals surface area contributed by atoms with Gasteiger partial charge in [0, 0.05) is 20.3 Å². The van der Waals surface area contributed by atoms with Gasteiger partial charge in [0.25, 0.3) is 0 Å². The minimum Gasteiger partial charge on any atom is -0.384 e. The molecule has 5 heteroatoms. The van der Waals surface area contributed by atoms with Gasteiger partial charge < -0.3 is 20.7 Å². The fraction of sp³-hybridized carbons (Fsp3) is 0.917. The Bertz CT molecular complexity index is 228. The van der Waals surface area contributed by atoms with E-state index in [1.165, 1.54) is 0 Å². The molecule has 0 spiro atoms. The number of nitrogens with zero attached hydrogens (tertiary/aromatic N) is 1. The molecule has 0 aromatic rings. The summed E-state index contributed by atoms with van der Waals surface area (Å²) in [6.45, 7) is 6.39. The first-order valence-electron chi connectivity index (χ1n) is 6.41. The van der Waals surface area contributed by atoms with Gasteiger partial charge in [-0.2, -0.15) is 0 Å². The van der Waals surface area contributed by atoms with E-state index in [1.54, 1.807) is 7.11 Å². The summed E-state index contributed by atoms with van der Waals surface area (Å²) in [4.78, 5) is 13.6. The fourth-order valence-corrected chi connectivity index (χ4v) is 2.33. The molecule has 0 aliphatic carbocycles. The van der Waals surface area contributed by atoms with Gasteiger partial charge in [-0.3, -0.25) is 4.79 Å². The molecular formula is C12H25N3O2. The van der Waals surface area contributed by atoms with Crippen molar-refractivity contribution in [2.24, 2.45) is 11.7 Å². The van der Waals surface area contributed by atoms with Crippen LogP contribution < -0.4 is 11.1 Å². The molecule has 1 aliphatic rings. The van der Waals surface area contributed by atoms with Crippen LogP contribution in [0, 0.1) is 5.92 Å². The number of rotatable bonds is 7. The van der Waals surface area contributed by atoms with Crippen LogP contribution in [0.3, 0.4) is 0 Å². The van der Waals surface area contributed by atoms with Crippen molar-refractivity contribution in [3.05, 3.63) is 0 Å². The Labute approximate surface area is 104 Å². The zero-order valence-electron chi connectivity index (χ0n) is 10.9. The number of primary amides is 1. The van der Waals surface area contributed by atoms with E-state index >= 15 is 0 Å². The Morgan fingerprint density at radius 3 is 2.65 bits per heavy atom. The van der Waals surface area contributed by atoms with Crippen molar-refractivity contribution in [2.75, 3.05) is 39.9 Å². The van der Waals surface area contributed by atoms with E-state index in [9.17, 15) is 4.79 Å². The topological polar surface area (TPSA) is 67.6 Å². The summed E-state index contributed by atoms with van der Waals surface area (Å²) < 4.78 is 5.17. The second-order valence-electron chi connectivity index (χ2n) is 4.71. The molecule has 0 aromatic carbocycles. The zero-order valence-corrected chi connectivity index (χ0v) is 10.9. The molecule has 0 bridgehead atoms. The lowest BCUT2D eigenvalue weighted by molar-refractivity contribution is -0.120. The number of piperidine rings is 1. The zero-order chi connectivity index (χ0) is 12.7. The predicted molar refractivity (Wildman–Crippen MR) is 67.7 cm³/mol. The molecule has 1 amide bonds. The normalized spacial score (nSPS) is 20.4. The highest BCUT2D eigenvalue weighted by Gasteiger charge is 2.23. The quantitative estimate of drug-likeness (QED) is 0.650. The number of likely N-dealkylation sites (tertiary alicyclic amines) is 1. The minimum absolute atomic E-state index is 0.223. The lowest BCUT2D eigenvalue weighted by Crippen LogP contribution is -2.50. The van der Waals surface area contributed by atoms with Gasteiger partial charge >= 0.3 is 0 Å². The average Bonchev–Trinajstić information content (AvgIpc) is 2.31.